The van der Waals surface area contributed by atoms with Gasteiger partial charge in [-0.2, -0.15) is 0 Å². The van der Waals surface area contributed by atoms with Gasteiger partial charge in [0.05, 0.1) is 5.41 Å². The Labute approximate surface area is 121 Å². The van der Waals surface area contributed by atoms with Gasteiger partial charge in [0.1, 0.15) is 0 Å². The van der Waals surface area contributed by atoms with Gasteiger partial charge in [-0.05, 0) is 38.3 Å². The Hall–Kier alpha value is -1.06. The molecule has 106 valence electrons. The normalized spacial score (nSPS) is 22.4. The molecule has 1 amide bonds. The van der Waals surface area contributed by atoms with Crippen LogP contribution in [0.3, 0.4) is 0 Å². The SMILES string of the molecule is CC1(C(=O)NCCc2ccccc2)CCCNC1.Cl. The largest absolute Gasteiger partial charge is 0.355 e. The quantitative estimate of drug-likeness (QED) is 0.889. The van der Waals surface area contributed by atoms with Crippen LogP contribution in [0.15, 0.2) is 30.3 Å². The summed E-state index contributed by atoms with van der Waals surface area (Å²) >= 11 is 0. The van der Waals surface area contributed by atoms with E-state index in [1.54, 1.807) is 0 Å². The average Bonchev–Trinajstić information content (AvgIpc) is 2.41. The summed E-state index contributed by atoms with van der Waals surface area (Å²) in [6, 6.07) is 10.3. The number of carbonyl (C=O) groups is 1. The van der Waals surface area contributed by atoms with Gasteiger partial charge in [-0.15, -0.1) is 12.4 Å². The van der Waals surface area contributed by atoms with Crippen LogP contribution in [-0.2, 0) is 11.2 Å². The van der Waals surface area contributed by atoms with Crippen LogP contribution < -0.4 is 10.6 Å². The Bertz CT molecular complexity index is 388. The number of nitrogens with one attached hydrogen (secondary N) is 2. The number of hydrogen-bond acceptors (Lipinski definition) is 2. The Morgan fingerprint density at radius 2 is 2.11 bits per heavy atom. The summed E-state index contributed by atoms with van der Waals surface area (Å²) in [5, 5.41) is 6.37. The highest BCUT2D eigenvalue weighted by molar-refractivity contribution is 5.85. The minimum absolute atomic E-state index is 0. The van der Waals surface area contributed by atoms with Gasteiger partial charge in [0.25, 0.3) is 0 Å². The Balaban J connectivity index is 0.00000180. The summed E-state index contributed by atoms with van der Waals surface area (Å²) in [5.74, 6) is 0.186. The molecule has 1 atom stereocenters. The number of piperidine rings is 1. The third-order valence-corrected chi connectivity index (χ3v) is 3.69. The zero-order chi connectivity index (χ0) is 12.8. The predicted molar refractivity (Wildman–Crippen MR) is 80.6 cm³/mol. The highest BCUT2D eigenvalue weighted by Crippen LogP contribution is 2.25. The molecule has 1 aliphatic heterocycles. The fraction of sp³-hybridized carbons (Fsp3) is 0.533. The lowest BCUT2D eigenvalue weighted by Gasteiger charge is -2.32. The lowest BCUT2D eigenvalue weighted by molar-refractivity contribution is -0.131. The van der Waals surface area contributed by atoms with Gasteiger partial charge in [-0.25, -0.2) is 0 Å². The summed E-state index contributed by atoms with van der Waals surface area (Å²) < 4.78 is 0. The van der Waals surface area contributed by atoms with Crippen molar-refractivity contribution in [2.24, 2.45) is 5.41 Å². The van der Waals surface area contributed by atoms with Crippen molar-refractivity contribution in [2.75, 3.05) is 19.6 Å². The zero-order valence-corrected chi connectivity index (χ0v) is 12.3. The van der Waals surface area contributed by atoms with E-state index in [1.807, 2.05) is 18.2 Å². The first-order chi connectivity index (χ1) is 8.71. The van der Waals surface area contributed by atoms with E-state index in [2.05, 4.69) is 29.7 Å². The van der Waals surface area contributed by atoms with Crippen molar-refractivity contribution in [3.63, 3.8) is 0 Å². The molecule has 0 saturated carbocycles. The molecule has 1 aromatic rings. The summed E-state index contributed by atoms with van der Waals surface area (Å²) in [4.78, 5) is 12.2. The summed E-state index contributed by atoms with van der Waals surface area (Å²) in [6.07, 6.45) is 2.97. The number of halogens is 1. The minimum atomic E-state index is -0.227. The maximum absolute atomic E-state index is 12.2. The van der Waals surface area contributed by atoms with Gasteiger partial charge in [0, 0.05) is 13.1 Å². The van der Waals surface area contributed by atoms with Crippen molar-refractivity contribution in [2.45, 2.75) is 26.2 Å². The third kappa shape index (κ3) is 4.51. The van der Waals surface area contributed by atoms with Crippen LogP contribution >= 0.6 is 12.4 Å². The summed E-state index contributed by atoms with van der Waals surface area (Å²) in [5.41, 5.74) is 1.04. The monoisotopic (exact) mass is 282 g/mol. The smallest absolute Gasteiger partial charge is 0.227 e. The second-order valence-corrected chi connectivity index (χ2v) is 5.33. The molecular weight excluding hydrogens is 260 g/mol. The first kappa shape index (κ1) is 16.0. The molecule has 1 aromatic carbocycles. The zero-order valence-electron chi connectivity index (χ0n) is 11.4. The van der Waals surface area contributed by atoms with Crippen LogP contribution in [0, 0.1) is 5.41 Å². The Kier molecular flexibility index (Phi) is 6.32. The molecule has 0 spiro atoms. The number of rotatable bonds is 4. The number of benzene rings is 1. The van der Waals surface area contributed by atoms with E-state index < -0.39 is 0 Å². The molecule has 3 nitrogen and oxygen atoms in total. The van der Waals surface area contributed by atoms with Gasteiger partial charge in [-0.3, -0.25) is 4.79 Å². The molecule has 1 saturated heterocycles. The standard InChI is InChI=1S/C15H22N2O.ClH/c1-15(9-5-10-16-12-15)14(18)17-11-8-13-6-3-2-4-7-13;/h2-4,6-7,16H,5,8-12H2,1H3,(H,17,18);1H. The molecule has 1 aliphatic rings. The summed E-state index contributed by atoms with van der Waals surface area (Å²) in [6.45, 7) is 4.60. The number of carbonyl (C=O) groups excluding carboxylic acids is 1. The van der Waals surface area contributed by atoms with Crippen LogP contribution in [0.25, 0.3) is 0 Å². The predicted octanol–water partition coefficient (Wildman–Crippen LogP) is 2.16. The number of amides is 1. The van der Waals surface area contributed by atoms with E-state index in [9.17, 15) is 4.79 Å². The first-order valence-electron chi connectivity index (χ1n) is 6.74. The maximum Gasteiger partial charge on any atom is 0.227 e. The highest BCUT2D eigenvalue weighted by Gasteiger charge is 2.34. The lowest BCUT2D eigenvalue weighted by Crippen LogP contribution is -2.49. The van der Waals surface area contributed by atoms with E-state index in [-0.39, 0.29) is 23.7 Å². The van der Waals surface area contributed by atoms with Crippen LogP contribution in [0.1, 0.15) is 25.3 Å². The Morgan fingerprint density at radius 1 is 1.37 bits per heavy atom. The third-order valence-electron chi connectivity index (χ3n) is 3.69. The van der Waals surface area contributed by atoms with Crippen molar-refractivity contribution in [3.05, 3.63) is 35.9 Å². The van der Waals surface area contributed by atoms with Crippen molar-refractivity contribution in [1.82, 2.24) is 10.6 Å². The maximum atomic E-state index is 12.2. The second-order valence-electron chi connectivity index (χ2n) is 5.33. The van der Waals surface area contributed by atoms with Crippen LogP contribution in [0.5, 0.6) is 0 Å². The molecule has 0 bridgehead atoms. The van der Waals surface area contributed by atoms with E-state index in [1.165, 1.54) is 5.56 Å². The Morgan fingerprint density at radius 3 is 2.74 bits per heavy atom. The van der Waals surface area contributed by atoms with Crippen LogP contribution in [0.4, 0.5) is 0 Å². The number of hydrogen-bond donors (Lipinski definition) is 2. The van der Waals surface area contributed by atoms with Gasteiger partial charge in [0.15, 0.2) is 0 Å². The van der Waals surface area contributed by atoms with Gasteiger partial charge in [-0.1, -0.05) is 30.3 Å². The molecule has 2 rings (SSSR count). The molecule has 1 heterocycles. The van der Waals surface area contributed by atoms with Gasteiger partial charge >= 0.3 is 0 Å². The summed E-state index contributed by atoms with van der Waals surface area (Å²) in [7, 11) is 0. The van der Waals surface area contributed by atoms with Crippen molar-refractivity contribution >= 4 is 18.3 Å². The van der Waals surface area contributed by atoms with Crippen LogP contribution in [0.2, 0.25) is 0 Å². The van der Waals surface area contributed by atoms with E-state index in [4.69, 9.17) is 0 Å². The van der Waals surface area contributed by atoms with Crippen molar-refractivity contribution < 1.29 is 4.79 Å². The lowest BCUT2D eigenvalue weighted by atomic mass is 9.82. The molecule has 4 heteroatoms. The van der Waals surface area contributed by atoms with Crippen molar-refractivity contribution in [3.8, 4) is 0 Å². The molecule has 0 radical (unpaired) electrons. The topological polar surface area (TPSA) is 41.1 Å². The van der Waals surface area contributed by atoms with E-state index in [0.29, 0.717) is 0 Å². The van der Waals surface area contributed by atoms with Crippen molar-refractivity contribution in [1.29, 1.82) is 0 Å². The van der Waals surface area contributed by atoms with Gasteiger partial charge < -0.3 is 10.6 Å². The highest BCUT2D eigenvalue weighted by atomic mass is 35.5. The van der Waals surface area contributed by atoms with Gasteiger partial charge in [0.2, 0.25) is 5.91 Å². The average molecular weight is 283 g/mol. The first-order valence-corrected chi connectivity index (χ1v) is 6.74. The minimum Gasteiger partial charge on any atom is -0.355 e. The van der Waals surface area contributed by atoms with E-state index in [0.717, 1.165) is 38.9 Å². The molecule has 0 aromatic heterocycles. The molecule has 1 fully saturated rings. The molecular formula is C15H23ClN2O. The molecule has 2 N–H and O–H groups in total. The van der Waals surface area contributed by atoms with Crippen LogP contribution in [-0.4, -0.2) is 25.5 Å². The fourth-order valence-corrected chi connectivity index (χ4v) is 2.43. The molecule has 19 heavy (non-hydrogen) atoms. The second kappa shape index (κ2) is 7.51. The molecule has 0 aliphatic carbocycles. The fourth-order valence-electron chi connectivity index (χ4n) is 2.43. The molecule has 1 unspecified atom stereocenters. The van der Waals surface area contributed by atoms with E-state index >= 15 is 0 Å².